The Labute approximate surface area is 96.0 Å². The summed E-state index contributed by atoms with van der Waals surface area (Å²) in [7, 11) is 0. The van der Waals surface area contributed by atoms with Crippen LogP contribution in [0.5, 0.6) is 0 Å². The molecule has 0 bridgehead atoms. The molecule has 0 aliphatic carbocycles. The summed E-state index contributed by atoms with van der Waals surface area (Å²) in [5.41, 5.74) is -0.345. The van der Waals surface area contributed by atoms with Crippen LogP contribution in [0, 0.1) is 0 Å². The van der Waals surface area contributed by atoms with E-state index in [1.807, 2.05) is 0 Å². The van der Waals surface area contributed by atoms with E-state index >= 15 is 0 Å². The van der Waals surface area contributed by atoms with Gasteiger partial charge in [0.1, 0.15) is 5.76 Å². The van der Waals surface area contributed by atoms with E-state index in [1.165, 1.54) is 6.21 Å². The third kappa shape index (κ3) is 2.26. The van der Waals surface area contributed by atoms with E-state index in [1.54, 1.807) is 13.8 Å². The van der Waals surface area contributed by atoms with Gasteiger partial charge in [0.2, 0.25) is 0 Å². The zero-order valence-corrected chi connectivity index (χ0v) is 10.1. The highest BCUT2D eigenvalue weighted by molar-refractivity contribution is 5.94. The summed E-state index contributed by atoms with van der Waals surface area (Å²) in [4.78, 5) is 15.9. The van der Waals surface area contributed by atoms with Crippen molar-refractivity contribution in [2.75, 3.05) is 6.61 Å². The number of aliphatic imine (C=N–C) groups is 1. The van der Waals surface area contributed by atoms with Crippen LogP contribution in [0.1, 0.15) is 40.0 Å². The lowest BCUT2D eigenvalue weighted by Gasteiger charge is -2.22. The van der Waals surface area contributed by atoms with Crippen molar-refractivity contribution in [3.63, 3.8) is 0 Å². The van der Waals surface area contributed by atoms with Crippen LogP contribution in [0.15, 0.2) is 16.3 Å². The minimum absolute atomic E-state index is 0.115. The third-order valence-electron chi connectivity index (χ3n) is 2.80. The van der Waals surface area contributed by atoms with Gasteiger partial charge in [-0.05, 0) is 26.7 Å². The van der Waals surface area contributed by atoms with Crippen LogP contribution in [-0.2, 0) is 9.53 Å². The number of hydrogen-bond donors (Lipinski definition) is 1. The quantitative estimate of drug-likeness (QED) is 0.731. The van der Waals surface area contributed by atoms with Crippen LogP contribution in [0.2, 0.25) is 0 Å². The molecule has 16 heavy (non-hydrogen) atoms. The molecule has 0 aromatic rings. The number of hydrogen-bond acceptors (Lipinski definition) is 4. The maximum atomic E-state index is 11.8. The van der Waals surface area contributed by atoms with Gasteiger partial charge < -0.3 is 9.84 Å². The summed E-state index contributed by atoms with van der Waals surface area (Å²) >= 11 is 0. The van der Waals surface area contributed by atoms with Gasteiger partial charge in [-0.25, -0.2) is 4.79 Å². The van der Waals surface area contributed by atoms with Crippen LogP contribution in [0.3, 0.4) is 0 Å². The van der Waals surface area contributed by atoms with Gasteiger partial charge in [0, 0.05) is 5.57 Å². The van der Waals surface area contributed by atoms with Crippen LogP contribution < -0.4 is 0 Å². The van der Waals surface area contributed by atoms with Crippen molar-refractivity contribution in [1.82, 2.24) is 0 Å². The van der Waals surface area contributed by atoms with Gasteiger partial charge in [-0.2, -0.15) is 0 Å². The number of nitrogens with zero attached hydrogens (tertiary/aromatic N) is 1. The van der Waals surface area contributed by atoms with E-state index in [0.717, 1.165) is 12.8 Å². The van der Waals surface area contributed by atoms with Crippen molar-refractivity contribution < 1.29 is 14.6 Å². The first kappa shape index (κ1) is 12.7. The summed E-state index contributed by atoms with van der Waals surface area (Å²) < 4.78 is 4.99. The van der Waals surface area contributed by atoms with Gasteiger partial charge >= 0.3 is 5.97 Å². The Hall–Kier alpha value is -1.32. The fourth-order valence-corrected chi connectivity index (χ4v) is 1.77. The van der Waals surface area contributed by atoms with Crippen molar-refractivity contribution in [1.29, 1.82) is 0 Å². The van der Waals surface area contributed by atoms with Crippen LogP contribution in [0.25, 0.3) is 0 Å². The number of aliphatic hydroxyl groups excluding tert-OH is 1. The second-order valence-electron chi connectivity index (χ2n) is 4.02. The molecule has 0 radical (unpaired) electrons. The number of carbonyl (C=O) groups excluding carboxylic acids is 1. The van der Waals surface area contributed by atoms with Gasteiger partial charge in [-0.15, -0.1) is 0 Å². The monoisotopic (exact) mass is 225 g/mol. The summed E-state index contributed by atoms with van der Waals surface area (Å²) in [5, 5.41) is 9.69. The first-order chi connectivity index (χ1) is 7.56. The van der Waals surface area contributed by atoms with Gasteiger partial charge in [-0.1, -0.05) is 13.3 Å². The van der Waals surface area contributed by atoms with Gasteiger partial charge in [0.05, 0.1) is 12.8 Å². The number of aliphatic hydroxyl groups is 1. The molecule has 0 aromatic heterocycles. The van der Waals surface area contributed by atoms with Crippen molar-refractivity contribution in [2.24, 2.45) is 4.99 Å². The molecule has 0 saturated heterocycles. The Morgan fingerprint density at radius 1 is 1.56 bits per heavy atom. The minimum Gasteiger partial charge on any atom is -0.506 e. The first-order valence-corrected chi connectivity index (χ1v) is 5.71. The van der Waals surface area contributed by atoms with E-state index in [4.69, 9.17) is 4.74 Å². The fourth-order valence-electron chi connectivity index (χ4n) is 1.77. The molecule has 1 N–H and O–H groups in total. The van der Waals surface area contributed by atoms with Gasteiger partial charge in [0.25, 0.3) is 0 Å². The van der Waals surface area contributed by atoms with E-state index in [0.29, 0.717) is 18.6 Å². The molecule has 1 aliphatic rings. The topological polar surface area (TPSA) is 58.9 Å². The third-order valence-corrected chi connectivity index (χ3v) is 2.80. The molecule has 1 atom stereocenters. The molecule has 1 heterocycles. The van der Waals surface area contributed by atoms with Crippen LogP contribution >= 0.6 is 0 Å². The zero-order valence-electron chi connectivity index (χ0n) is 10.1. The number of carbonyl (C=O) groups is 1. The van der Waals surface area contributed by atoms with E-state index in [2.05, 4.69) is 11.9 Å². The summed E-state index contributed by atoms with van der Waals surface area (Å²) in [5.74, 6) is -0.273. The molecule has 0 saturated carbocycles. The fraction of sp³-hybridized carbons (Fsp3) is 0.667. The highest BCUT2D eigenvalue weighted by Crippen LogP contribution is 2.33. The predicted octanol–water partition coefficient (Wildman–Crippen LogP) is 2.39. The highest BCUT2D eigenvalue weighted by Gasteiger charge is 2.42. The van der Waals surface area contributed by atoms with Crippen molar-refractivity contribution in [3.8, 4) is 0 Å². The number of ether oxygens (including phenoxy) is 1. The Kier molecular flexibility index (Phi) is 4.10. The molecule has 1 rings (SSSR count). The number of rotatable bonds is 5. The summed E-state index contributed by atoms with van der Waals surface area (Å²) in [6, 6.07) is 0. The Balaban J connectivity index is 2.87. The molecular formula is C12H19NO3. The normalized spacial score (nSPS) is 23.9. The van der Waals surface area contributed by atoms with E-state index < -0.39 is 5.54 Å². The Bertz CT molecular complexity index is 333. The molecule has 0 spiro atoms. The lowest BCUT2D eigenvalue weighted by atomic mass is 9.89. The molecule has 4 nitrogen and oxygen atoms in total. The largest absolute Gasteiger partial charge is 0.506 e. The Morgan fingerprint density at radius 2 is 2.25 bits per heavy atom. The number of unbranched alkanes of at least 4 members (excludes halogenated alkanes) is 1. The molecular weight excluding hydrogens is 206 g/mol. The van der Waals surface area contributed by atoms with Gasteiger partial charge in [0.15, 0.2) is 5.54 Å². The molecule has 0 fully saturated rings. The molecule has 0 aromatic carbocycles. The smallest absolute Gasteiger partial charge is 0.338 e. The first-order valence-electron chi connectivity index (χ1n) is 5.71. The zero-order chi connectivity index (χ0) is 12.2. The van der Waals surface area contributed by atoms with Crippen LogP contribution in [-0.4, -0.2) is 29.4 Å². The van der Waals surface area contributed by atoms with E-state index in [-0.39, 0.29) is 11.7 Å². The Morgan fingerprint density at radius 3 is 2.81 bits per heavy atom. The van der Waals surface area contributed by atoms with Gasteiger partial charge in [-0.3, -0.25) is 4.99 Å². The SMILES string of the molecule is CCCCC1=C(O)C=NC1(C)C(=O)OCC. The lowest BCUT2D eigenvalue weighted by Crippen LogP contribution is -2.36. The highest BCUT2D eigenvalue weighted by atomic mass is 16.5. The average Bonchev–Trinajstić information content (AvgIpc) is 2.54. The second-order valence-corrected chi connectivity index (χ2v) is 4.02. The minimum atomic E-state index is -1.02. The molecule has 1 unspecified atom stereocenters. The van der Waals surface area contributed by atoms with Crippen molar-refractivity contribution in [2.45, 2.75) is 45.6 Å². The lowest BCUT2D eigenvalue weighted by molar-refractivity contribution is -0.147. The van der Waals surface area contributed by atoms with E-state index in [9.17, 15) is 9.90 Å². The molecule has 4 heteroatoms. The van der Waals surface area contributed by atoms with Crippen molar-refractivity contribution >= 4 is 12.2 Å². The second kappa shape index (κ2) is 5.14. The predicted molar refractivity (Wildman–Crippen MR) is 62.7 cm³/mol. The average molecular weight is 225 g/mol. The molecule has 90 valence electrons. The van der Waals surface area contributed by atoms with Crippen LogP contribution in [0.4, 0.5) is 0 Å². The summed E-state index contributed by atoms with van der Waals surface area (Å²) in [6.45, 7) is 5.84. The number of allylic oxidation sites excluding steroid dienone is 1. The molecule has 0 amide bonds. The van der Waals surface area contributed by atoms with Crippen molar-refractivity contribution in [3.05, 3.63) is 11.3 Å². The maximum absolute atomic E-state index is 11.8. The molecule has 1 aliphatic heterocycles. The summed E-state index contributed by atoms with van der Waals surface area (Å²) in [6.07, 6.45) is 3.97. The maximum Gasteiger partial charge on any atom is 0.338 e. The number of esters is 1. The standard InChI is InChI=1S/C12H19NO3/c1-4-6-7-9-10(14)8-13-12(9,3)11(15)16-5-2/h8,14H,4-7H2,1-3H3.